The van der Waals surface area contributed by atoms with Crippen LogP contribution in [0.25, 0.3) is 22.2 Å². The average molecular weight is 588 g/mol. The van der Waals surface area contributed by atoms with Gasteiger partial charge in [0.2, 0.25) is 17.7 Å². The first-order valence-electron chi connectivity index (χ1n) is 13.8. The van der Waals surface area contributed by atoms with Crippen molar-refractivity contribution in [2.75, 3.05) is 31.2 Å². The standard InChI is InChI=1S/C27H32F3N9O3/c1-25(41)14-42-26(13-18(25)39-15-33-20-21(31)35-24(32)36-22(20)39)8-11-37(12-9-26)19(40)7-4-10-38-17-6-3-2-5-16(17)34-23(38)27(28,29)30/h2-3,5-6,15,18,41H,4,7-14H2,1H3,(H4,31,32,35,36)/t18-,25-/m0/s1. The lowest BCUT2D eigenvalue weighted by molar-refractivity contribution is -0.201. The lowest BCUT2D eigenvalue weighted by Crippen LogP contribution is -2.57. The molecular weight excluding hydrogens is 555 g/mol. The number of ether oxygens (including phenoxy) is 1. The number of hydrogen-bond donors (Lipinski definition) is 3. The van der Waals surface area contributed by atoms with Crippen LogP contribution in [0.4, 0.5) is 24.9 Å². The van der Waals surface area contributed by atoms with E-state index in [1.54, 1.807) is 47.0 Å². The summed E-state index contributed by atoms with van der Waals surface area (Å²) in [6, 6.07) is 6.01. The van der Waals surface area contributed by atoms with Gasteiger partial charge in [0.25, 0.3) is 0 Å². The third kappa shape index (κ3) is 5.00. The molecule has 3 aromatic heterocycles. The number of imidazole rings is 2. The van der Waals surface area contributed by atoms with E-state index in [0.717, 1.165) is 4.57 Å². The van der Waals surface area contributed by atoms with E-state index in [4.69, 9.17) is 16.2 Å². The summed E-state index contributed by atoms with van der Waals surface area (Å²) >= 11 is 0. The van der Waals surface area contributed by atoms with Gasteiger partial charge in [-0.2, -0.15) is 23.1 Å². The van der Waals surface area contributed by atoms with E-state index in [0.29, 0.717) is 49.0 Å². The largest absolute Gasteiger partial charge is 0.449 e. The normalized spacial score (nSPS) is 22.8. The van der Waals surface area contributed by atoms with Crippen LogP contribution in [0.15, 0.2) is 30.6 Å². The van der Waals surface area contributed by atoms with Crippen molar-refractivity contribution >= 4 is 39.9 Å². The predicted octanol–water partition coefficient (Wildman–Crippen LogP) is 2.91. The summed E-state index contributed by atoms with van der Waals surface area (Å²) in [5.74, 6) is -0.921. The third-order valence-corrected chi connectivity index (χ3v) is 8.46. The second-order valence-electron chi connectivity index (χ2n) is 11.4. The maximum Gasteiger partial charge on any atom is 0.449 e. The second-order valence-corrected chi connectivity index (χ2v) is 11.4. The van der Waals surface area contributed by atoms with Crippen molar-refractivity contribution in [1.29, 1.82) is 0 Å². The van der Waals surface area contributed by atoms with Crippen molar-refractivity contribution in [3.05, 3.63) is 36.4 Å². The van der Waals surface area contributed by atoms with Crippen molar-refractivity contribution in [1.82, 2.24) is 34.0 Å². The zero-order valence-electron chi connectivity index (χ0n) is 23.0. The number of piperidine rings is 1. The highest BCUT2D eigenvalue weighted by atomic mass is 19.4. The van der Waals surface area contributed by atoms with Crippen molar-refractivity contribution in [2.24, 2.45) is 0 Å². The molecule has 42 heavy (non-hydrogen) atoms. The van der Waals surface area contributed by atoms with E-state index in [1.165, 1.54) is 0 Å². The number of alkyl halides is 3. The molecule has 15 heteroatoms. The number of nitrogens with two attached hydrogens (primary N) is 2. The number of aliphatic hydroxyl groups is 1. The van der Waals surface area contributed by atoms with E-state index in [2.05, 4.69) is 19.9 Å². The molecule has 5 heterocycles. The smallest absolute Gasteiger partial charge is 0.386 e. The number of para-hydroxylation sites is 2. The third-order valence-electron chi connectivity index (χ3n) is 8.46. The molecule has 0 bridgehead atoms. The number of carbonyl (C=O) groups excluding carboxylic acids is 1. The molecule has 1 amide bonds. The molecule has 2 aliphatic heterocycles. The first-order chi connectivity index (χ1) is 19.9. The van der Waals surface area contributed by atoms with E-state index in [9.17, 15) is 23.1 Å². The van der Waals surface area contributed by atoms with Gasteiger partial charge in [-0.15, -0.1) is 0 Å². The first-order valence-corrected chi connectivity index (χ1v) is 13.8. The number of nitrogens with zero attached hydrogens (tertiary/aromatic N) is 7. The Balaban J connectivity index is 1.11. The van der Waals surface area contributed by atoms with Gasteiger partial charge in [-0.05, 0) is 38.3 Å². The number of fused-ring (bicyclic) bond motifs is 2. The van der Waals surface area contributed by atoms with Crippen molar-refractivity contribution < 1.29 is 27.8 Å². The van der Waals surface area contributed by atoms with Crippen molar-refractivity contribution in [3.8, 4) is 0 Å². The highest BCUT2D eigenvalue weighted by molar-refractivity contribution is 5.83. The molecule has 2 saturated heterocycles. The van der Waals surface area contributed by atoms with Crippen molar-refractivity contribution in [3.63, 3.8) is 0 Å². The highest BCUT2D eigenvalue weighted by Gasteiger charge is 2.50. The molecule has 2 atom stereocenters. The monoisotopic (exact) mass is 587 g/mol. The van der Waals surface area contributed by atoms with Crippen LogP contribution in [0.2, 0.25) is 0 Å². The predicted molar refractivity (Wildman–Crippen MR) is 147 cm³/mol. The quantitative estimate of drug-likeness (QED) is 0.319. The summed E-state index contributed by atoms with van der Waals surface area (Å²) in [4.78, 5) is 31.1. The molecule has 1 spiro atoms. The molecule has 4 aromatic rings. The van der Waals surface area contributed by atoms with Crippen LogP contribution in [-0.2, 0) is 22.3 Å². The Bertz CT molecular complexity index is 1640. The Morgan fingerprint density at radius 3 is 2.64 bits per heavy atom. The molecule has 6 rings (SSSR count). The summed E-state index contributed by atoms with van der Waals surface area (Å²) in [6.45, 7) is 2.65. The van der Waals surface area contributed by atoms with Crippen LogP contribution < -0.4 is 11.5 Å². The maximum absolute atomic E-state index is 13.6. The fraction of sp³-hybridized carbons (Fsp3) is 0.519. The van der Waals surface area contributed by atoms with Gasteiger partial charge in [0, 0.05) is 32.5 Å². The van der Waals surface area contributed by atoms with Gasteiger partial charge >= 0.3 is 6.18 Å². The Kier molecular flexibility index (Phi) is 6.76. The molecule has 0 saturated carbocycles. The van der Waals surface area contributed by atoms with Crippen LogP contribution in [0.5, 0.6) is 0 Å². The van der Waals surface area contributed by atoms with Crippen LogP contribution >= 0.6 is 0 Å². The first kappa shape index (κ1) is 28.2. The number of halogens is 3. The number of amides is 1. The number of nitrogen functional groups attached to an aromatic ring is 2. The van der Waals surface area contributed by atoms with Crippen LogP contribution in [0, 0.1) is 0 Å². The summed E-state index contributed by atoms with van der Waals surface area (Å²) in [5.41, 5.74) is 11.5. The number of aromatic nitrogens is 6. The number of anilines is 2. The van der Waals surface area contributed by atoms with E-state index in [1.807, 2.05) is 0 Å². The average Bonchev–Trinajstić information content (AvgIpc) is 3.53. The highest BCUT2D eigenvalue weighted by Crippen LogP contribution is 2.45. The van der Waals surface area contributed by atoms with Gasteiger partial charge in [0.15, 0.2) is 11.5 Å². The lowest BCUT2D eigenvalue weighted by Gasteiger charge is -2.51. The molecule has 12 nitrogen and oxygen atoms in total. The van der Waals surface area contributed by atoms with E-state index in [-0.39, 0.29) is 49.2 Å². The fourth-order valence-electron chi connectivity index (χ4n) is 6.19. The molecule has 5 N–H and O–H groups in total. The molecule has 0 unspecified atom stereocenters. The van der Waals surface area contributed by atoms with Gasteiger partial charge in [-0.1, -0.05) is 12.1 Å². The molecule has 1 aromatic carbocycles. The number of rotatable bonds is 5. The molecule has 0 radical (unpaired) electrons. The Morgan fingerprint density at radius 1 is 1.17 bits per heavy atom. The Morgan fingerprint density at radius 2 is 1.90 bits per heavy atom. The van der Waals surface area contributed by atoms with Gasteiger partial charge in [0.1, 0.15) is 11.1 Å². The minimum absolute atomic E-state index is 0.00541. The number of benzene rings is 1. The molecule has 2 fully saturated rings. The SMILES string of the molecule is C[C@]1(O)COC2(CCN(C(=O)CCCn3c(C(F)(F)F)nc4ccccc43)CC2)C[C@@H]1n1cnc2c(N)nc(N)nc21. The minimum atomic E-state index is -4.60. The van der Waals surface area contributed by atoms with Crippen LogP contribution in [0.3, 0.4) is 0 Å². The fourth-order valence-corrected chi connectivity index (χ4v) is 6.19. The minimum Gasteiger partial charge on any atom is -0.386 e. The molecular formula is C27H32F3N9O3. The molecule has 0 aliphatic carbocycles. The summed E-state index contributed by atoms with van der Waals surface area (Å²) in [5, 5.41) is 11.2. The topological polar surface area (TPSA) is 163 Å². The summed E-state index contributed by atoms with van der Waals surface area (Å²) in [7, 11) is 0. The molecule has 2 aliphatic rings. The van der Waals surface area contributed by atoms with Gasteiger partial charge in [-0.25, -0.2) is 9.97 Å². The summed E-state index contributed by atoms with van der Waals surface area (Å²) in [6.07, 6.45) is -1.14. The lowest BCUT2D eigenvalue weighted by atomic mass is 9.77. The Labute approximate surface area is 238 Å². The molecule has 224 valence electrons. The van der Waals surface area contributed by atoms with Gasteiger partial charge in [-0.3, -0.25) is 4.79 Å². The van der Waals surface area contributed by atoms with E-state index >= 15 is 0 Å². The number of likely N-dealkylation sites (tertiary alicyclic amines) is 1. The zero-order chi connectivity index (χ0) is 29.9. The zero-order valence-corrected chi connectivity index (χ0v) is 23.0. The number of carbonyl (C=O) groups is 1. The maximum atomic E-state index is 13.6. The van der Waals surface area contributed by atoms with E-state index < -0.39 is 29.2 Å². The number of hydrogen-bond acceptors (Lipinski definition) is 9. The number of aryl methyl sites for hydroxylation is 1. The summed E-state index contributed by atoms with van der Waals surface area (Å²) < 4.78 is 50.0. The van der Waals surface area contributed by atoms with Crippen LogP contribution in [0.1, 0.15) is 50.9 Å². The second kappa shape index (κ2) is 10.1. The van der Waals surface area contributed by atoms with Gasteiger partial charge < -0.3 is 35.3 Å². The van der Waals surface area contributed by atoms with Crippen LogP contribution in [-0.4, -0.2) is 75.9 Å². The van der Waals surface area contributed by atoms with Crippen molar-refractivity contribution in [2.45, 2.75) is 69.0 Å². The Hall–Kier alpha value is -3.98. The van der Waals surface area contributed by atoms with Gasteiger partial charge in [0.05, 0.1) is 35.6 Å².